The lowest BCUT2D eigenvalue weighted by atomic mass is 9.83. The molecule has 11 heteroatoms. The molecule has 0 aromatic rings. The van der Waals surface area contributed by atoms with Crippen LogP contribution in [-0.2, 0) is 4.74 Å². The number of hydrogen-bond acceptors (Lipinski definition) is 3. The molecule has 0 bridgehead atoms. The Bertz CT molecular complexity index is 378. The normalized spacial score (nSPS) is 38.9. The summed E-state index contributed by atoms with van der Waals surface area (Å²) < 4.78 is 106. The monoisotopic (exact) mass is 318 g/mol. The van der Waals surface area contributed by atoms with Crippen LogP contribution in [0.15, 0.2) is 0 Å². The molecular formula is C9H10F8O3. The molecule has 1 aliphatic rings. The van der Waals surface area contributed by atoms with Crippen molar-refractivity contribution in [3.63, 3.8) is 0 Å². The fourth-order valence-electron chi connectivity index (χ4n) is 1.90. The zero-order valence-electron chi connectivity index (χ0n) is 9.82. The van der Waals surface area contributed by atoms with E-state index < -0.39 is 48.6 Å². The minimum Gasteiger partial charge on any atom is -0.386 e. The molecule has 0 aliphatic carbocycles. The Morgan fingerprint density at radius 1 is 1.10 bits per heavy atom. The lowest BCUT2D eigenvalue weighted by Gasteiger charge is -2.51. The summed E-state index contributed by atoms with van der Waals surface area (Å²) in [4.78, 5) is 0. The largest absolute Gasteiger partial charge is 0.449 e. The average molecular weight is 318 g/mol. The van der Waals surface area contributed by atoms with E-state index in [4.69, 9.17) is 10.2 Å². The molecule has 2 N–H and O–H groups in total. The van der Waals surface area contributed by atoms with E-state index in [1.807, 2.05) is 0 Å². The van der Waals surface area contributed by atoms with Gasteiger partial charge in [-0.25, -0.2) is 0 Å². The van der Waals surface area contributed by atoms with E-state index in [0.29, 0.717) is 0 Å². The highest BCUT2D eigenvalue weighted by atomic mass is 19.4. The SMILES string of the molecule is CCC1(C(F)(F)F)CC(O)C(F)(F)C(O)(C(F)(F)F)O1. The molecule has 0 spiro atoms. The number of aliphatic hydroxyl groups excluding tert-OH is 1. The molecule has 0 aromatic heterocycles. The van der Waals surface area contributed by atoms with Crippen molar-refractivity contribution in [1.29, 1.82) is 0 Å². The Morgan fingerprint density at radius 3 is 1.85 bits per heavy atom. The van der Waals surface area contributed by atoms with Crippen LogP contribution in [0.5, 0.6) is 0 Å². The van der Waals surface area contributed by atoms with Gasteiger partial charge in [0.05, 0.1) is 0 Å². The van der Waals surface area contributed by atoms with Crippen LogP contribution >= 0.6 is 0 Å². The van der Waals surface area contributed by atoms with Gasteiger partial charge in [-0.2, -0.15) is 35.1 Å². The Kier molecular flexibility index (Phi) is 3.83. The van der Waals surface area contributed by atoms with Gasteiger partial charge >= 0.3 is 24.1 Å². The molecule has 20 heavy (non-hydrogen) atoms. The van der Waals surface area contributed by atoms with Gasteiger partial charge in [-0.3, -0.25) is 0 Å². The second-order valence-electron chi connectivity index (χ2n) is 4.43. The highest BCUT2D eigenvalue weighted by molar-refractivity contribution is 5.07. The van der Waals surface area contributed by atoms with E-state index in [1.54, 1.807) is 0 Å². The molecule has 120 valence electrons. The van der Waals surface area contributed by atoms with E-state index in [1.165, 1.54) is 0 Å². The van der Waals surface area contributed by atoms with Gasteiger partial charge in [0.2, 0.25) is 0 Å². The van der Waals surface area contributed by atoms with Gasteiger partial charge in [-0.05, 0) is 6.42 Å². The maximum atomic E-state index is 13.3. The minimum atomic E-state index is -6.23. The quantitative estimate of drug-likeness (QED) is 0.730. The molecule has 1 rings (SSSR count). The molecular weight excluding hydrogens is 308 g/mol. The van der Waals surface area contributed by atoms with Crippen LogP contribution in [0.4, 0.5) is 35.1 Å². The molecule has 3 nitrogen and oxygen atoms in total. The second-order valence-corrected chi connectivity index (χ2v) is 4.43. The smallest absolute Gasteiger partial charge is 0.386 e. The third kappa shape index (κ3) is 2.15. The van der Waals surface area contributed by atoms with Gasteiger partial charge in [0.15, 0.2) is 5.60 Å². The fourth-order valence-corrected chi connectivity index (χ4v) is 1.90. The van der Waals surface area contributed by atoms with Crippen molar-refractivity contribution in [2.75, 3.05) is 0 Å². The molecule has 0 aromatic carbocycles. The Labute approximate surface area is 107 Å². The Hall–Kier alpha value is -0.680. The maximum Gasteiger partial charge on any atom is 0.449 e. The van der Waals surface area contributed by atoms with Crippen LogP contribution in [-0.4, -0.2) is 46.0 Å². The number of rotatable bonds is 1. The van der Waals surface area contributed by atoms with Crippen LogP contribution in [0.3, 0.4) is 0 Å². The molecule has 0 saturated carbocycles. The molecule has 0 amide bonds. The van der Waals surface area contributed by atoms with Gasteiger partial charge in [-0.1, -0.05) is 6.92 Å². The molecule has 3 atom stereocenters. The van der Waals surface area contributed by atoms with Gasteiger partial charge in [0.1, 0.15) is 6.10 Å². The predicted octanol–water partition coefficient (Wildman–Crippen LogP) is 2.36. The van der Waals surface area contributed by atoms with Gasteiger partial charge in [0.25, 0.3) is 0 Å². The van der Waals surface area contributed by atoms with Crippen LogP contribution < -0.4 is 0 Å². The highest BCUT2D eigenvalue weighted by Gasteiger charge is 2.81. The van der Waals surface area contributed by atoms with Crippen molar-refractivity contribution < 1.29 is 50.1 Å². The summed E-state index contributed by atoms with van der Waals surface area (Å²) in [5.41, 5.74) is -3.72. The zero-order chi connectivity index (χ0) is 16.2. The third-order valence-electron chi connectivity index (χ3n) is 3.21. The number of halogens is 8. The second kappa shape index (κ2) is 4.41. The van der Waals surface area contributed by atoms with Crippen LogP contribution in [0.1, 0.15) is 19.8 Å². The Balaban J connectivity index is 3.44. The molecule has 1 saturated heterocycles. The summed E-state index contributed by atoms with van der Waals surface area (Å²) in [6.45, 7) is 0.737. The number of ether oxygens (including phenoxy) is 1. The molecule has 0 radical (unpaired) electrons. The van der Waals surface area contributed by atoms with Crippen LogP contribution in [0.25, 0.3) is 0 Å². The van der Waals surface area contributed by atoms with E-state index in [0.717, 1.165) is 6.92 Å². The standard InChI is InChI=1S/C9H10F8O3/c1-2-5(8(12,13)14)3-4(18)6(10,11)7(19,20-5)9(15,16)17/h4,18-19H,2-3H2,1H3. The fraction of sp³-hybridized carbons (Fsp3) is 1.00. The number of aliphatic hydroxyl groups is 2. The lowest BCUT2D eigenvalue weighted by molar-refractivity contribution is -0.505. The highest BCUT2D eigenvalue weighted by Crippen LogP contribution is 2.56. The third-order valence-corrected chi connectivity index (χ3v) is 3.21. The van der Waals surface area contributed by atoms with Gasteiger partial charge in [0, 0.05) is 6.42 Å². The molecule has 1 fully saturated rings. The topological polar surface area (TPSA) is 49.7 Å². The van der Waals surface area contributed by atoms with Crippen molar-refractivity contribution >= 4 is 0 Å². The first-order chi connectivity index (χ1) is 8.65. The summed E-state index contributed by atoms with van der Waals surface area (Å²) in [6, 6.07) is 0. The van der Waals surface area contributed by atoms with Crippen molar-refractivity contribution in [2.45, 2.75) is 55.5 Å². The van der Waals surface area contributed by atoms with Crippen molar-refractivity contribution in [3.8, 4) is 0 Å². The summed E-state index contributed by atoms with van der Waals surface area (Å²) in [5.74, 6) is -10.8. The van der Waals surface area contributed by atoms with E-state index in [2.05, 4.69) is 4.74 Å². The summed E-state index contributed by atoms with van der Waals surface area (Å²) in [5, 5.41) is 18.0. The van der Waals surface area contributed by atoms with E-state index in [-0.39, 0.29) is 0 Å². The molecule has 3 unspecified atom stereocenters. The van der Waals surface area contributed by atoms with Gasteiger partial charge < -0.3 is 14.9 Å². The summed E-state index contributed by atoms with van der Waals surface area (Å²) >= 11 is 0. The maximum absolute atomic E-state index is 13.3. The lowest BCUT2D eigenvalue weighted by Crippen LogP contribution is -2.74. The summed E-state index contributed by atoms with van der Waals surface area (Å²) in [6.07, 6.45) is -18.1. The average Bonchev–Trinajstić information content (AvgIpc) is 2.22. The van der Waals surface area contributed by atoms with Crippen molar-refractivity contribution in [2.24, 2.45) is 0 Å². The van der Waals surface area contributed by atoms with Crippen molar-refractivity contribution in [3.05, 3.63) is 0 Å². The van der Waals surface area contributed by atoms with Crippen molar-refractivity contribution in [1.82, 2.24) is 0 Å². The first-order valence-electron chi connectivity index (χ1n) is 5.26. The van der Waals surface area contributed by atoms with Crippen LogP contribution in [0, 0.1) is 0 Å². The Morgan fingerprint density at radius 2 is 1.55 bits per heavy atom. The molecule has 1 aliphatic heterocycles. The number of alkyl halides is 8. The first kappa shape index (κ1) is 17.4. The minimum absolute atomic E-state index is 0.737. The zero-order valence-corrected chi connectivity index (χ0v) is 9.82. The summed E-state index contributed by atoms with van der Waals surface area (Å²) in [7, 11) is 0. The molecule has 1 heterocycles. The first-order valence-corrected chi connectivity index (χ1v) is 5.26. The van der Waals surface area contributed by atoms with E-state index in [9.17, 15) is 35.1 Å². The van der Waals surface area contributed by atoms with Gasteiger partial charge in [-0.15, -0.1) is 0 Å². The van der Waals surface area contributed by atoms with E-state index >= 15 is 0 Å². The van der Waals surface area contributed by atoms with Crippen LogP contribution in [0.2, 0.25) is 0 Å². The predicted molar refractivity (Wildman–Crippen MR) is 46.7 cm³/mol. The number of hydrogen-bond donors (Lipinski definition) is 2.